The number of hydrogen-bond acceptors (Lipinski definition) is 10. The van der Waals surface area contributed by atoms with Crippen molar-refractivity contribution >= 4 is 39.0 Å². The van der Waals surface area contributed by atoms with E-state index in [0.29, 0.717) is 44.5 Å². The Labute approximate surface area is 222 Å². The molecule has 0 unspecified atom stereocenters. The first-order chi connectivity index (χ1) is 18.2. The van der Waals surface area contributed by atoms with Crippen molar-refractivity contribution in [3.05, 3.63) is 52.0 Å². The Bertz CT molecular complexity index is 1550. The largest absolute Gasteiger partial charge is 0.497 e. The summed E-state index contributed by atoms with van der Waals surface area (Å²) >= 11 is 1.07. The number of benzene rings is 2. The summed E-state index contributed by atoms with van der Waals surface area (Å²) in [6.45, 7) is 1.59. The maximum Gasteiger partial charge on any atom is 0.338 e. The second-order valence-corrected chi connectivity index (χ2v) is 9.09. The molecule has 2 aromatic heterocycles. The molecule has 0 spiro atoms. The first-order valence-corrected chi connectivity index (χ1v) is 12.0. The van der Waals surface area contributed by atoms with E-state index in [2.05, 4.69) is 4.98 Å². The number of nitrogens with two attached hydrogens (primary N) is 1. The molecular formula is C27H26N2O8S. The van der Waals surface area contributed by atoms with Crippen LogP contribution in [0.5, 0.6) is 28.7 Å². The zero-order valence-corrected chi connectivity index (χ0v) is 22.4. The molecule has 0 aliphatic rings. The first-order valence-electron chi connectivity index (χ1n) is 11.2. The van der Waals surface area contributed by atoms with Gasteiger partial charge in [0.05, 0.1) is 58.1 Å². The Morgan fingerprint density at radius 1 is 0.895 bits per heavy atom. The number of carboxylic acid groups (broad SMARTS) is 1. The lowest BCUT2D eigenvalue weighted by atomic mass is 9.94. The minimum atomic E-state index is -1.20. The molecule has 2 aromatic carbocycles. The van der Waals surface area contributed by atoms with E-state index in [1.54, 1.807) is 37.3 Å². The van der Waals surface area contributed by atoms with E-state index in [1.807, 2.05) is 0 Å². The third kappa shape index (κ3) is 4.30. The predicted octanol–water partition coefficient (Wildman–Crippen LogP) is 4.83. The van der Waals surface area contributed by atoms with Gasteiger partial charge in [0.2, 0.25) is 11.5 Å². The fraction of sp³-hybridized carbons (Fsp3) is 0.222. The number of ether oxygens (including phenoxy) is 5. The van der Waals surface area contributed by atoms with Crippen LogP contribution in [0.2, 0.25) is 0 Å². The Hall–Kier alpha value is -4.51. The van der Waals surface area contributed by atoms with Gasteiger partial charge in [-0.1, -0.05) is 0 Å². The number of carboxylic acids is 1. The van der Waals surface area contributed by atoms with Crippen LogP contribution in [-0.4, -0.2) is 57.4 Å². The van der Waals surface area contributed by atoms with Crippen molar-refractivity contribution in [3.8, 4) is 39.9 Å². The van der Waals surface area contributed by atoms with Gasteiger partial charge < -0.3 is 34.5 Å². The van der Waals surface area contributed by atoms with Gasteiger partial charge in [0.15, 0.2) is 11.5 Å². The Morgan fingerprint density at radius 3 is 2.05 bits per heavy atom. The summed E-state index contributed by atoms with van der Waals surface area (Å²) in [5.74, 6) is 0.245. The number of thiophene rings is 1. The van der Waals surface area contributed by atoms with Crippen LogP contribution in [0.15, 0.2) is 30.3 Å². The number of nitrogen functional groups attached to an aromatic ring is 1. The number of hydrogen-bond donors (Lipinski definition) is 2. The third-order valence-corrected chi connectivity index (χ3v) is 7.18. The second-order valence-electron chi connectivity index (χ2n) is 8.09. The first kappa shape index (κ1) is 26.6. The number of carbonyl (C=O) groups excluding carboxylic acids is 1. The average Bonchev–Trinajstić information content (AvgIpc) is 3.25. The number of aryl methyl sites for hydroxylation is 1. The molecule has 4 aromatic rings. The SMILES string of the molecule is COc1ccc(C(=O)c2sc3nc(C)c(C(=O)O)c(-c4cc(OC)c(OC)c(OC)c4)c3c2N)c(OC)c1. The highest BCUT2D eigenvalue weighted by atomic mass is 32.1. The molecule has 4 rings (SSSR count). The van der Waals surface area contributed by atoms with Crippen LogP contribution in [0.4, 0.5) is 5.69 Å². The van der Waals surface area contributed by atoms with Crippen molar-refractivity contribution in [2.45, 2.75) is 6.92 Å². The minimum Gasteiger partial charge on any atom is -0.497 e. The summed E-state index contributed by atoms with van der Waals surface area (Å²) in [4.78, 5) is 31.2. The number of pyridine rings is 1. The Morgan fingerprint density at radius 2 is 1.53 bits per heavy atom. The number of nitrogens with zero attached hydrogens (tertiary/aromatic N) is 1. The Balaban J connectivity index is 2.05. The van der Waals surface area contributed by atoms with E-state index in [4.69, 9.17) is 29.4 Å². The van der Waals surface area contributed by atoms with Crippen molar-refractivity contribution in [3.63, 3.8) is 0 Å². The van der Waals surface area contributed by atoms with Crippen molar-refractivity contribution < 1.29 is 38.4 Å². The maximum atomic E-state index is 13.7. The summed E-state index contributed by atoms with van der Waals surface area (Å²) < 4.78 is 27.0. The number of fused-ring (bicyclic) bond motifs is 1. The zero-order valence-electron chi connectivity index (χ0n) is 21.6. The highest BCUT2D eigenvalue weighted by Gasteiger charge is 2.29. The van der Waals surface area contributed by atoms with Gasteiger partial charge in [-0.25, -0.2) is 9.78 Å². The van der Waals surface area contributed by atoms with Crippen molar-refractivity contribution in [1.29, 1.82) is 0 Å². The van der Waals surface area contributed by atoms with Crippen LogP contribution in [0, 0.1) is 6.92 Å². The normalized spacial score (nSPS) is 10.8. The smallest absolute Gasteiger partial charge is 0.338 e. The molecule has 0 aliphatic heterocycles. The van der Waals surface area contributed by atoms with Crippen molar-refractivity contribution in [1.82, 2.24) is 4.98 Å². The van der Waals surface area contributed by atoms with Crippen LogP contribution < -0.4 is 29.4 Å². The minimum absolute atomic E-state index is 0.0581. The van der Waals surface area contributed by atoms with Crippen LogP contribution >= 0.6 is 11.3 Å². The van der Waals surface area contributed by atoms with Gasteiger partial charge in [0, 0.05) is 17.0 Å². The van der Waals surface area contributed by atoms with E-state index in [9.17, 15) is 14.7 Å². The molecule has 0 atom stereocenters. The molecule has 198 valence electrons. The summed E-state index contributed by atoms with van der Waals surface area (Å²) in [5.41, 5.74) is 7.89. The third-order valence-electron chi connectivity index (χ3n) is 6.08. The predicted molar refractivity (Wildman–Crippen MR) is 144 cm³/mol. The van der Waals surface area contributed by atoms with E-state index in [1.165, 1.54) is 35.5 Å². The topological polar surface area (TPSA) is 139 Å². The molecule has 0 fully saturated rings. The van der Waals surface area contributed by atoms with Gasteiger partial charge >= 0.3 is 5.97 Å². The molecule has 38 heavy (non-hydrogen) atoms. The number of anilines is 1. The van der Waals surface area contributed by atoms with E-state index in [0.717, 1.165) is 11.3 Å². The van der Waals surface area contributed by atoms with Crippen molar-refractivity contribution in [2.24, 2.45) is 0 Å². The monoisotopic (exact) mass is 538 g/mol. The standard InChI is InChI=1S/C27H26N2O8S/c1-12-19(27(31)32)20(13-9-17(35-4)24(37-6)18(10-13)36-5)21-22(28)25(38-26(21)29-12)23(30)15-8-7-14(33-2)11-16(15)34-3/h7-11H,28H2,1-6H3,(H,31,32). The van der Waals surface area contributed by atoms with E-state index < -0.39 is 11.8 Å². The summed E-state index contributed by atoms with van der Waals surface area (Å²) in [6, 6.07) is 8.10. The molecule has 10 nitrogen and oxygen atoms in total. The van der Waals surface area contributed by atoms with Crippen LogP contribution in [-0.2, 0) is 0 Å². The van der Waals surface area contributed by atoms with Crippen molar-refractivity contribution in [2.75, 3.05) is 41.3 Å². The molecule has 11 heteroatoms. The Kier molecular flexibility index (Phi) is 7.31. The molecule has 0 aliphatic carbocycles. The average molecular weight is 539 g/mol. The summed E-state index contributed by atoms with van der Waals surface area (Å²) in [5, 5.41) is 10.5. The number of aromatic nitrogens is 1. The lowest BCUT2D eigenvalue weighted by molar-refractivity contribution is 0.0696. The summed E-state index contributed by atoms with van der Waals surface area (Å²) in [6.07, 6.45) is 0. The lowest BCUT2D eigenvalue weighted by Crippen LogP contribution is -2.07. The quantitative estimate of drug-likeness (QED) is 0.285. The molecular weight excluding hydrogens is 512 g/mol. The highest BCUT2D eigenvalue weighted by Crippen LogP contribution is 2.47. The number of ketones is 1. The van der Waals surface area contributed by atoms with Crippen LogP contribution in [0.3, 0.4) is 0 Å². The van der Waals surface area contributed by atoms with Gasteiger partial charge in [-0.05, 0) is 36.8 Å². The zero-order chi connectivity index (χ0) is 27.7. The number of aromatic carboxylic acids is 1. The molecule has 0 amide bonds. The van der Waals surface area contributed by atoms with Gasteiger partial charge in [-0.3, -0.25) is 4.79 Å². The molecule has 0 radical (unpaired) electrons. The van der Waals surface area contributed by atoms with Gasteiger partial charge in [-0.15, -0.1) is 11.3 Å². The molecule has 0 bridgehead atoms. The molecule has 0 saturated carbocycles. The van der Waals surface area contributed by atoms with Gasteiger partial charge in [0.25, 0.3) is 0 Å². The fourth-order valence-corrected chi connectivity index (χ4v) is 5.42. The summed E-state index contributed by atoms with van der Waals surface area (Å²) in [7, 11) is 7.36. The maximum absolute atomic E-state index is 13.7. The van der Waals surface area contributed by atoms with Gasteiger partial charge in [0.1, 0.15) is 21.2 Å². The number of methoxy groups -OCH3 is 5. The van der Waals surface area contributed by atoms with Gasteiger partial charge in [-0.2, -0.15) is 0 Å². The lowest BCUT2D eigenvalue weighted by Gasteiger charge is -2.17. The van der Waals surface area contributed by atoms with E-state index in [-0.39, 0.29) is 32.9 Å². The van der Waals surface area contributed by atoms with Crippen LogP contribution in [0.25, 0.3) is 21.3 Å². The van der Waals surface area contributed by atoms with Crippen LogP contribution in [0.1, 0.15) is 31.3 Å². The molecule has 0 saturated heterocycles. The second kappa shape index (κ2) is 10.5. The van der Waals surface area contributed by atoms with E-state index >= 15 is 0 Å². The molecule has 3 N–H and O–H groups in total. The molecule has 2 heterocycles. The highest BCUT2D eigenvalue weighted by molar-refractivity contribution is 7.21. The number of carbonyl (C=O) groups is 2. The number of rotatable bonds is 9. The fourth-order valence-electron chi connectivity index (χ4n) is 4.32.